The number of rotatable bonds is 5. The summed E-state index contributed by atoms with van der Waals surface area (Å²) in [6.45, 7) is -0.969. The number of ether oxygens (including phenoxy) is 1. The Labute approximate surface area is 159 Å². The summed E-state index contributed by atoms with van der Waals surface area (Å²) in [5, 5.41) is 12.9. The molecule has 0 aromatic heterocycles. The molecule has 0 saturated heterocycles. The van der Waals surface area contributed by atoms with Crippen molar-refractivity contribution in [1.29, 1.82) is 0 Å². The van der Waals surface area contributed by atoms with Crippen LogP contribution in [0.2, 0.25) is 5.02 Å². The molecule has 0 heterocycles. The molecule has 0 spiro atoms. The Morgan fingerprint density at radius 2 is 1.86 bits per heavy atom. The minimum absolute atomic E-state index is 0.0400. The number of anilines is 1. The van der Waals surface area contributed by atoms with Gasteiger partial charge < -0.3 is 10.1 Å². The fourth-order valence-electron chi connectivity index (χ4n) is 2.01. The molecule has 2 aromatic carbocycles. The molecule has 28 heavy (non-hydrogen) atoms. The fraction of sp³-hybridized carbons (Fsp3) is 0.125. The summed E-state index contributed by atoms with van der Waals surface area (Å²) in [6.07, 6.45) is -4.82. The lowest BCUT2D eigenvalue weighted by Gasteiger charge is -2.10. The van der Waals surface area contributed by atoms with Gasteiger partial charge in [0.2, 0.25) is 0 Å². The van der Waals surface area contributed by atoms with E-state index in [0.717, 1.165) is 12.1 Å². The van der Waals surface area contributed by atoms with Crippen molar-refractivity contribution in [3.8, 4) is 0 Å². The van der Waals surface area contributed by atoms with Crippen LogP contribution in [0.25, 0.3) is 0 Å². The van der Waals surface area contributed by atoms with Crippen molar-refractivity contribution in [3.05, 3.63) is 68.5 Å². The Kier molecular flexibility index (Phi) is 6.19. The van der Waals surface area contributed by atoms with Crippen LogP contribution in [0.15, 0.2) is 36.4 Å². The molecule has 0 radical (unpaired) electrons. The molecule has 1 amide bonds. The summed E-state index contributed by atoms with van der Waals surface area (Å²) in [5.41, 5.74) is -3.36. The Hall–Kier alpha value is -3.21. The average Bonchev–Trinajstić information content (AvgIpc) is 2.60. The van der Waals surface area contributed by atoms with Crippen molar-refractivity contribution in [2.45, 2.75) is 6.18 Å². The number of nitro benzene ring substituents is 1. The van der Waals surface area contributed by atoms with E-state index in [-0.39, 0.29) is 11.1 Å². The summed E-state index contributed by atoms with van der Waals surface area (Å²) in [5.74, 6) is -3.26. The second-order valence-electron chi connectivity index (χ2n) is 5.24. The molecule has 0 aliphatic heterocycles. The molecule has 0 saturated carbocycles. The number of nitro groups is 1. The van der Waals surface area contributed by atoms with Gasteiger partial charge >= 0.3 is 12.1 Å². The molecular formula is C16H9ClF4N2O5. The first kappa shape index (κ1) is 21.1. The zero-order chi connectivity index (χ0) is 21.1. The molecule has 148 valence electrons. The van der Waals surface area contributed by atoms with Gasteiger partial charge in [0.1, 0.15) is 11.5 Å². The Morgan fingerprint density at radius 1 is 1.18 bits per heavy atom. The summed E-state index contributed by atoms with van der Waals surface area (Å²) in [7, 11) is 0. The van der Waals surface area contributed by atoms with Crippen LogP contribution in [0.3, 0.4) is 0 Å². The van der Waals surface area contributed by atoms with E-state index in [4.69, 9.17) is 11.6 Å². The maximum Gasteiger partial charge on any atom is 0.416 e. The van der Waals surface area contributed by atoms with E-state index in [2.05, 4.69) is 4.74 Å². The molecule has 7 nitrogen and oxygen atoms in total. The van der Waals surface area contributed by atoms with E-state index in [9.17, 15) is 37.3 Å². The molecule has 2 rings (SSSR count). The molecule has 0 atom stereocenters. The van der Waals surface area contributed by atoms with Gasteiger partial charge in [-0.3, -0.25) is 14.9 Å². The van der Waals surface area contributed by atoms with Crippen LogP contribution in [-0.2, 0) is 15.7 Å². The van der Waals surface area contributed by atoms with Crippen LogP contribution >= 0.6 is 11.6 Å². The van der Waals surface area contributed by atoms with Crippen LogP contribution < -0.4 is 5.32 Å². The van der Waals surface area contributed by atoms with E-state index in [1.807, 2.05) is 5.32 Å². The van der Waals surface area contributed by atoms with E-state index in [1.165, 1.54) is 6.07 Å². The standard InChI is InChI=1S/C16H9ClF4N2O5/c17-9-2-3-11(18)10(6-9)15(25)28-7-14(24)22-12-4-1-8(16(19,20)21)5-13(12)23(26)27/h1-6H,7H2,(H,22,24). The quantitative estimate of drug-likeness (QED) is 0.338. The summed E-state index contributed by atoms with van der Waals surface area (Å²) in [4.78, 5) is 33.4. The summed E-state index contributed by atoms with van der Waals surface area (Å²) in [6, 6.07) is 4.54. The third kappa shape index (κ3) is 5.16. The molecule has 0 fully saturated rings. The number of nitrogens with one attached hydrogen (secondary N) is 1. The number of carbonyl (C=O) groups is 2. The van der Waals surface area contributed by atoms with Crippen molar-refractivity contribution in [2.24, 2.45) is 0 Å². The van der Waals surface area contributed by atoms with Gasteiger partial charge in [-0.05, 0) is 30.3 Å². The van der Waals surface area contributed by atoms with Crippen LogP contribution in [0.4, 0.5) is 28.9 Å². The molecule has 0 bridgehead atoms. The fourth-order valence-corrected chi connectivity index (χ4v) is 2.19. The van der Waals surface area contributed by atoms with Gasteiger partial charge in [0, 0.05) is 11.1 Å². The number of esters is 1. The van der Waals surface area contributed by atoms with Crippen molar-refractivity contribution in [2.75, 3.05) is 11.9 Å². The lowest BCUT2D eigenvalue weighted by atomic mass is 10.1. The molecule has 0 aliphatic rings. The molecule has 0 unspecified atom stereocenters. The number of hydrogen-bond acceptors (Lipinski definition) is 5. The minimum atomic E-state index is -4.82. The third-order valence-electron chi connectivity index (χ3n) is 3.28. The highest BCUT2D eigenvalue weighted by Crippen LogP contribution is 2.34. The molecule has 0 aliphatic carbocycles. The third-order valence-corrected chi connectivity index (χ3v) is 3.51. The lowest BCUT2D eigenvalue weighted by molar-refractivity contribution is -0.384. The van der Waals surface area contributed by atoms with Gasteiger partial charge in [-0.2, -0.15) is 13.2 Å². The van der Waals surface area contributed by atoms with Gasteiger partial charge in [0.15, 0.2) is 6.61 Å². The van der Waals surface area contributed by atoms with Gasteiger partial charge in [0.25, 0.3) is 11.6 Å². The van der Waals surface area contributed by atoms with Gasteiger partial charge in [0.05, 0.1) is 16.1 Å². The van der Waals surface area contributed by atoms with Crippen LogP contribution in [-0.4, -0.2) is 23.4 Å². The van der Waals surface area contributed by atoms with E-state index >= 15 is 0 Å². The summed E-state index contributed by atoms with van der Waals surface area (Å²) >= 11 is 5.63. The van der Waals surface area contributed by atoms with Crippen molar-refractivity contribution in [3.63, 3.8) is 0 Å². The zero-order valence-corrected chi connectivity index (χ0v) is 14.3. The first-order valence-electron chi connectivity index (χ1n) is 7.26. The van der Waals surface area contributed by atoms with Crippen LogP contribution in [0, 0.1) is 15.9 Å². The first-order valence-corrected chi connectivity index (χ1v) is 7.64. The Bertz CT molecular complexity index is 949. The number of halogens is 5. The number of hydrogen-bond donors (Lipinski definition) is 1. The highest BCUT2D eigenvalue weighted by Gasteiger charge is 2.33. The Morgan fingerprint density at radius 3 is 2.46 bits per heavy atom. The van der Waals surface area contributed by atoms with E-state index in [0.29, 0.717) is 12.1 Å². The number of alkyl halides is 3. The largest absolute Gasteiger partial charge is 0.452 e. The lowest BCUT2D eigenvalue weighted by Crippen LogP contribution is -2.22. The number of benzene rings is 2. The van der Waals surface area contributed by atoms with Gasteiger partial charge in [-0.25, -0.2) is 9.18 Å². The van der Waals surface area contributed by atoms with E-state index < -0.39 is 57.9 Å². The smallest absolute Gasteiger partial charge is 0.416 e. The highest BCUT2D eigenvalue weighted by atomic mass is 35.5. The second kappa shape index (κ2) is 8.21. The highest BCUT2D eigenvalue weighted by molar-refractivity contribution is 6.30. The van der Waals surface area contributed by atoms with Crippen molar-refractivity contribution >= 4 is 34.9 Å². The van der Waals surface area contributed by atoms with E-state index in [1.54, 1.807) is 0 Å². The Balaban J connectivity index is 2.09. The van der Waals surface area contributed by atoms with Crippen LogP contribution in [0.1, 0.15) is 15.9 Å². The minimum Gasteiger partial charge on any atom is -0.452 e. The average molecular weight is 421 g/mol. The van der Waals surface area contributed by atoms with Gasteiger partial charge in [-0.1, -0.05) is 11.6 Å². The SMILES string of the molecule is O=C(COC(=O)c1cc(Cl)ccc1F)Nc1ccc(C(F)(F)F)cc1[N+](=O)[O-]. The number of amides is 1. The number of nitrogens with zero attached hydrogens (tertiary/aromatic N) is 1. The van der Waals surface area contributed by atoms with Crippen molar-refractivity contribution < 1.29 is 36.8 Å². The predicted molar refractivity (Wildman–Crippen MR) is 88.4 cm³/mol. The molecule has 1 N–H and O–H groups in total. The maximum atomic E-state index is 13.5. The molecule has 12 heteroatoms. The van der Waals surface area contributed by atoms with Gasteiger partial charge in [-0.15, -0.1) is 0 Å². The zero-order valence-electron chi connectivity index (χ0n) is 13.5. The predicted octanol–water partition coefficient (Wildman–Crippen LogP) is 4.20. The first-order chi connectivity index (χ1) is 13.0. The van der Waals surface area contributed by atoms with Crippen LogP contribution in [0.5, 0.6) is 0 Å². The molecular weight excluding hydrogens is 412 g/mol. The normalized spacial score (nSPS) is 11.0. The monoisotopic (exact) mass is 420 g/mol. The summed E-state index contributed by atoms with van der Waals surface area (Å²) < 4.78 is 56.1. The maximum absolute atomic E-state index is 13.5. The second-order valence-corrected chi connectivity index (χ2v) is 5.67. The number of carbonyl (C=O) groups excluding carboxylic acids is 2. The molecule has 2 aromatic rings. The topological polar surface area (TPSA) is 98.5 Å². The van der Waals surface area contributed by atoms with Crippen molar-refractivity contribution in [1.82, 2.24) is 0 Å².